The molecule has 0 bridgehead atoms. The molecule has 0 radical (unpaired) electrons. The molecule has 34 heavy (non-hydrogen) atoms. The van der Waals surface area contributed by atoms with Gasteiger partial charge in [-0.1, -0.05) is 12.1 Å². The van der Waals surface area contributed by atoms with E-state index in [1.165, 1.54) is 0 Å². The van der Waals surface area contributed by atoms with E-state index in [1.54, 1.807) is 17.0 Å². The molecule has 3 aromatic carbocycles. The van der Waals surface area contributed by atoms with E-state index in [1.807, 2.05) is 31.2 Å². The molecule has 0 fully saturated rings. The van der Waals surface area contributed by atoms with Crippen LogP contribution in [0.1, 0.15) is 27.3 Å². The molecule has 1 amide bonds. The van der Waals surface area contributed by atoms with Gasteiger partial charge < -0.3 is 14.6 Å². The summed E-state index contributed by atoms with van der Waals surface area (Å²) < 4.78 is 26.3. The van der Waals surface area contributed by atoms with Gasteiger partial charge in [0, 0.05) is 23.4 Å². The van der Waals surface area contributed by atoms with Crippen molar-refractivity contribution in [3.05, 3.63) is 77.1 Å². The molecule has 3 heterocycles. The van der Waals surface area contributed by atoms with Crippen molar-refractivity contribution in [2.75, 3.05) is 18.9 Å². The molecule has 0 aliphatic carbocycles. The lowest BCUT2D eigenvalue weighted by atomic mass is 10.0. The second-order valence-electron chi connectivity index (χ2n) is 8.90. The molecule has 8 heteroatoms. The fraction of sp³-hybridized carbons (Fsp3) is 0.231. The monoisotopic (exact) mass is 475 g/mol. The van der Waals surface area contributed by atoms with Gasteiger partial charge in [0.2, 0.25) is 0 Å². The van der Waals surface area contributed by atoms with Gasteiger partial charge in [0.05, 0.1) is 22.5 Å². The van der Waals surface area contributed by atoms with E-state index in [0.29, 0.717) is 42.3 Å². The number of benzene rings is 3. The van der Waals surface area contributed by atoms with Crippen molar-refractivity contribution in [3.8, 4) is 16.9 Å². The van der Waals surface area contributed by atoms with Gasteiger partial charge in [-0.25, -0.2) is 4.98 Å². The molecule has 0 saturated heterocycles. The Labute approximate surface area is 198 Å². The Morgan fingerprint density at radius 3 is 2.76 bits per heavy atom. The van der Waals surface area contributed by atoms with E-state index in [4.69, 9.17) is 4.74 Å². The number of fused-ring (bicyclic) bond motifs is 3. The quantitative estimate of drug-likeness (QED) is 0.368. The van der Waals surface area contributed by atoms with E-state index >= 15 is 0 Å². The SMILES string of the molecule is Cc1nc2ccc(-c3ccc4c(c3)CN(C(=O)c3ccc5c(c3)CCS5(O)O)CCO4)cc2[nH]1. The molecule has 4 aromatic rings. The molecule has 0 saturated carbocycles. The summed E-state index contributed by atoms with van der Waals surface area (Å²) in [6.45, 7) is 3.29. The first-order valence-corrected chi connectivity index (χ1v) is 13.0. The number of nitrogens with one attached hydrogen (secondary N) is 1. The highest BCUT2D eigenvalue weighted by Gasteiger charge is 2.29. The third kappa shape index (κ3) is 3.64. The van der Waals surface area contributed by atoms with Gasteiger partial charge >= 0.3 is 0 Å². The van der Waals surface area contributed by atoms with Crippen LogP contribution in [0.15, 0.2) is 59.5 Å². The first-order valence-electron chi connectivity index (χ1n) is 11.3. The van der Waals surface area contributed by atoms with Gasteiger partial charge in [-0.15, -0.1) is 0 Å². The number of aryl methyl sites for hydroxylation is 2. The summed E-state index contributed by atoms with van der Waals surface area (Å²) in [5.74, 6) is 1.92. The normalized spacial score (nSPS) is 17.6. The Morgan fingerprint density at radius 2 is 1.88 bits per heavy atom. The lowest BCUT2D eigenvalue weighted by Crippen LogP contribution is -2.32. The summed E-state index contributed by atoms with van der Waals surface area (Å²) in [6.07, 6.45) is 0.578. The van der Waals surface area contributed by atoms with Crippen LogP contribution in [0.2, 0.25) is 0 Å². The lowest BCUT2D eigenvalue weighted by Gasteiger charge is -2.27. The fourth-order valence-corrected chi connectivity index (χ4v) is 6.43. The number of aromatic nitrogens is 2. The van der Waals surface area contributed by atoms with Crippen LogP contribution in [-0.4, -0.2) is 48.8 Å². The number of rotatable bonds is 2. The van der Waals surface area contributed by atoms with Crippen molar-refractivity contribution in [1.29, 1.82) is 0 Å². The average Bonchev–Trinajstić information content (AvgIpc) is 3.26. The van der Waals surface area contributed by atoms with Crippen LogP contribution in [0.3, 0.4) is 0 Å². The molecule has 6 rings (SSSR count). The van der Waals surface area contributed by atoms with Gasteiger partial charge in [0.25, 0.3) is 5.91 Å². The first kappa shape index (κ1) is 21.2. The van der Waals surface area contributed by atoms with Crippen molar-refractivity contribution in [3.63, 3.8) is 0 Å². The number of carbonyl (C=O) groups excluding carboxylic acids is 1. The Balaban J connectivity index is 1.29. The molecular weight excluding hydrogens is 450 g/mol. The molecule has 0 spiro atoms. The lowest BCUT2D eigenvalue weighted by molar-refractivity contribution is 0.0733. The van der Waals surface area contributed by atoms with Gasteiger partial charge in [0.1, 0.15) is 18.2 Å². The number of ether oxygens (including phenoxy) is 1. The summed E-state index contributed by atoms with van der Waals surface area (Å²) >= 11 is 0. The molecule has 7 nitrogen and oxygen atoms in total. The highest BCUT2D eigenvalue weighted by atomic mass is 32.3. The highest BCUT2D eigenvalue weighted by molar-refractivity contribution is 8.24. The zero-order chi connectivity index (χ0) is 23.4. The third-order valence-electron chi connectivity index (χ3n) is 6.58. The smallest absolute Gasteiger partial charge is 0.254 e. The number of hydrogen-bond donors (Lipinski definition) is 3. The van der Waals surface area contributed by atoms with Gasteiger partial charge in [0.15, 0.2) is 0 Å². The molecule has 1 aromatic heterocycles. The maximum absolute atomic E-state index is 13.4. The maximum Gasteiger partial charge on any atom is 0.254 e. The van der Waals surface area contributed by atoms with Gasteiger partial charge in [-0.05, 0) is 72.5 Å². The van der Waals surface area contributed by atoms with Crippen LogP contribution >= 0.6 is 10.6 Å². The second-order valence-corrected chi connectivity index (χ2v) is 11.1. The number of imidazole rings is 1. The summed E-state index contributed by atoms with van der Waals surface area (Å²) in [7, 11) is -2.71. The summed E-state index contributed by atoms with van der Waals surface area (Å²) in [6, 6.07) is 17.5. The summed E-state index contributed by atoms with van der Waals surface area (Å²) in [5.41, 5.74) is 6.42. The maximum atomic E-state index is 13.4. The van der Waals surface area contributed by atoms with Crippen LogP contribution in [0.25, 0.3) is 22.2 Å². The Kier molecular flexibility index (Phi) is 4.91. The van der Waals surface area contributed by atoms with Crippen molar-refractivity contribution >= 4 is 27.5 Å². The Hall–Kier alpha value is -3.33. The number of carbonyl (C=O) groups is 1. The minimum Gasteiger partial charge on any atom is -0.491 e. The standard InChI is InChI=1S/C26H25N3O4S/c1-16-27-22-5-2-18(14-23(22)28-16)17-3-6-24-21(12-17)15-29(9-10-33-24)26(30)20-4-7-25-19(13-20)8-11-34(25,31)32/h2-7,12-14,31-32H,8-11,15H2,1H3,(H,27,28). The Bertz CT molecular complexity index is 1450. The molecule has 0 atom stereocenters. The Morgan fingerprint density at radius 1 is 1.06 bits per heavy atom. The van der Waals surface area contributed by atoms with Crippen LogP contribution in [0.4, 0.5) is 0 Å². The topological polar surface area (TPSA) is 98.7 Å². The van der Waals surface area contributed by atoms with Gasteiger partial charge in [-0.3, -0.25) is 13.9 Å². The highest BCUT2D eigenvalue weighted by Crippen LogP contribution is 2.55. The summed E-state index contributed by atoms with van der Waals surface area (Å²) in [4.78, 5) is 23.5. The number of nitrogens with zero attached hydrogens (tertiary/aromatic N) is 2. The van der Waals surface area contributed by atoms with E-state index < -0.39 is 10.6 Å². The van der Waals surface area contributed by atoms with E-state index in [-0.39, 0.29) is 5.91 Å². The molecule has 0 unspecified atom stereocenters. The number of aromatic amines is 1. The van der Waals surface area contributed by atoms with E-state index in [2.05, 4.69) is 28.2 Å². The molecule has 2 aliphatic heterocycles. The van der Waals surface area contributed by atoms with Crippen LogP contribution < -0.4 is 4.74 Å². The van der Waals surface area contributed by atoms with Crippen molar-refractivity contribution in [2.24, 2.45) is 0 Å². The zero-order valence-electron chi connectivity index (χ0n) is 18.7. The van der Waals surface area contributed by atoms with Crippen molar-refractivity contribution in [2.45, 2.75) is 24.8 Å². The van der Waals surface area contributed by atoms with Crippen LogP contribution in [0.5, 0.6) is 5.75 Å². The van der Waals surface area contributed by atoms with Crippen LogP contribution in [-0.2, 0) is 13.0 Å². The largest absolute Gasteiger partial charge is 0.491 e. The van der Waals surface area contributed by atoms with E-state index in [0.717, 1.165) is 44.9 Å². The zero-order valence-corrected chi connectivity index (χ0v) is 19.6. The number of amides is 1. The molecule has 2 aliphatic rings. The summed E-state index contributed by atoms with van der Waals surface area (Å²) in [5, 5.41) is 0. The molecular formula is C26H25N3O4S. The molecule has 3 N–H and O–H groups in total. The van der Waals surface area contributed by atoms with Gasteiger partial charge in [-0.2, -0.15) is 10.6 Å². The minimum atomic E-state index is -2.71. The predicted octanol–water partition coefficient (Wildman–Crippen LogP) is 5.24. The third-order valence-corrected chi connectivity index (χ3v) is 8.45. The van der Waals surface area contributed by atoms with Crippen molar-refractivity contribution < 1.29 is 18.6 Å². The number of hydrogen-bond acceptors (Lipinski definition) is 5. The number of H-pyrrole nitrogens is 1. The second kappa shape index (κ2) is 7.87. The minimum absolute atomic E-state index is 0.0811. The van der Waals surface area contributed by atoms with E-state index in [9.17, 15) is 13.9 Å². The first-order chi connectivity index (χ1) is 16.4. The van der Waals surface area contributed by atoms with Crippen LogP contribution in [0, 0.1) is 6.92 Å². The van der Waals surface area contributed by atoms with Crippen molar-refractivity contribution in [1.82, 2.24) is 14.9 Å². The fourth-order valence-electron chi connectivity index (χ4n) is 4.84. The average molecular weight is 476 g/mol. The predicted molar refractivity (Wildman–Crippen MR) is 133 cm³/mol. The molecule has 174 valence electrons.